The normalized spacial score (nSPS) is 13.7. The van der Waals surface area contributed by atoms with Crippen LogP contribution in [0.25, 0.3) is 0 Å². The second-order valence-corrected chi connectivity index (χ2v) is 5.13. The number of nitrogens with zero attached hydrogens (tertiary/aromatic N) is 1. The van der Waals surface area contributed by atoms with E-state index < -0.39 is 6.10 Å². The summed E-state index contributed by atoms with van der Waals surface area (Å²) in [4.78, 5) is 19.1. The van der Waals surface area contributed by atoms with Crippen molar-refractivity contribution >= 4 is 5.91 Å². The van der Waals surface area contributed by atoms with Crippen LogP contribution in [0, 0.1) is 0 Å². The summed E-state index contributed by atoms with van der Waals surface area (Å²) in [7, 11) is 0. The maximum absolute atomic E-state index is 12.0. The molecule has 0 aliphatic carbocycles. The fourth-order valence-electron chi connectivity index (χ4n) is 2.16. The molecule has 1 aromatic heterocycles. The number of imidazole rings is 1. The van der Waals surface area contributed by atoms with Crippen molar-refractivity contribution in [1.82, 2.24) is 15.3 Å². The lowest BCUT2D eigenvalue weighted by molar-refractivity contribution is 0.0912. The highest BCUT2D eigenvalue weighted by molar-refractivity contribution is 5.92. The highest BCUT2D eigenvalue weighted by Gasteiger charge is 2.16. The van der Waals surface area contributed by atoms with Crippen LogP contribution in [0.3, 0.4) is 0 Å². The SMILES string of the molecule is CCc1ncc(C(=O)NC(C)CC(O)c2ccccc2)[nH]1. The molecule has 5 nitrogen and oxygen atoms in total. The van der Waals surface area contributed by atoms with Gasteiger partial charge in [0.25, 0.3) is 5.91 Å². The molecule has 1 heterocycles. The molecule has 0 bridgehead atoms. The van der Waals surface area contributed by atoms with E-state index in [4.69, 9.17) is 0 Å². The Bertz CT molecular complexity index is 580. The second-order valence-electron chi connectivity index (χ2n) is 5.13. The van der Waals surface area contributed by atoms with Crippen molar-refractivity contribution in [3.8, 4) is 0 Å². The number of benzene rings is 1. The summed E-state index contributed by atoms with van der Waals surface area (Å²) in [5.74, 6) is 0.590. The zero-order chi connectivity index (χ0) is 15.2. The van der Waals surface area contributed by atoms with Crippen LogP contribution in [0.2, 0.25) is 0 Å². The Labute approximate surface area is 124 Å². The van der Waals surface area contributed by atoms with Crippen molar-refractivity contribution < 1.29 is 9.90 Å². The summed E-state index contributed by atoms with van der Waals surface area (Å²) in [6.07, 6.45) is 2.17. The van der Waals surface area contributed by atoms with Crippen molar-refractivity contribution in [1.29, 1.82) is 0 Å². The molecular formula is C16H21N3O2. The molecule has 0 radical (unpaired) electrons. The van der Waals surface area contributed by atoms with Crippen molar-refractivity contribution in [2.45, 2.75) is 38.8 Å². The van der Waals surface area contributed by atoms with Gasteiger partial charge < -0.3 is 15.4 Å². The van der Waals surface area contributed by atoms with Gasteiger partial charge >= 0.3 is 0 Å². The van der Waals surface area contributed by atoms with Crippen molar-refractivity contribution in [3.05, 3.63) is 53.6 Å². The maximum atomic E-state index is 12.0. The number of rotatable bonds is 6. The van der Waals surface area contributed by atoms with Gasteiger partial charge in [-0.15, -0.1) is 0 Å². The smallest absolute Gasteiger partial charge is 0.269 e. The van der Waals surface area contributed by atoms with Crippen LogP contribution >= 0.6 is 0 Å². The fourth-order valence-corrected chi connectivity index (χ4v) is 2.16. The first-order valence-electron chi connectivity index (χ1n) is 7.18. The molecule has 3 N–H and O–H groups in total. The number of hydrogen-bond acceptors (Lipinski definition) is 3. The number of aryl methyl sites for hydroxylation is 1. The Hall–Kier alpha value is -2.14. The van der Waals surface area contributed by atoms with Gasteiger partial charge in [0, 0.05) is 12.5 Å². The van der Waals surface area contributed by atoms with E-state index in [1.165, 1.54) is 6.20 Å². The fraction of sp³-hybridized carbons (Fsp3) is 0.375. The minimum Gasteiger partial charge on any atom is -0.388 e. The van der Waals surface area contributed by atoms with Crippen LogP contribution in [0.1, 0.15) is 48.2 Å². The molecule has 0 aliphatic rings. The van der Waals surface area contributed by atoms with Gasteiger partial charge in [-0.1, -0.05) is 37.3 Å². The van der Waals surface area contributed by atoms with Crippen LogP contribution in [0.5, 0.6) is 0 Å². The Balaban J connectivity index is 1.89. The zero-order valence-corrected chi connectivity index (χ0v) is 12.3. The van der Waals surface area contributed by atoms with Gasteiger partial charge in [-0.3, -0.25) is 4.79 Å². The predicted molar refractivity (Wildman–Crippen MR) is 80.9 cm³/mol. The summed E-state index contributed by atoms with van der Waals surface area (Å²) in [5, 5.41) is 13.0. The molecular weight excluding hydrogens is 266 g/mol. The monoisotopic (exact) mass is 287 g/mol. The number of aliphatic hydroxyl groups is 1. The minimum atomic E-state index is -0.588. The molecule has 1 amide bonds. The second kappa shape index (κ2) is 7.04. The summed E-state index contributed by atoms with van der Waals surface area (Å²) in [6.45, 7) is 3.85. The molecule has 2 unspecified atom stereocenters. The minimum absolute atomic E-state index is 0.138. The van der Waals surface area contributed by atoms with E-state index in [1.54, 1.807) is 0 Å². The Morgan fingerprint density at radius 3 is 2.71 bits per heavy atom. The Morgan fingerprint density at radius 2 is 2.10 bits per heavy atom. The number of carbonyl (C=O) groups excluding carboxylic acids is 1. The molecule has 21 heavy (non-hydrogen) atoms. The molecule has 112 valence electrons. The van der Waals surface area contributed by atoms with Crippen LogP contribution in [0.15, 0.2) is 36.5 Å². The molecule has 0 aliphatic heterocycles. The van der Waals surface area contributed by atoms with E-state index in [9.17, 15) is 9.90 Å². The molecule has 2 rings (SSSR count). The van der Waals surface area contributed by atoms with Crippen LogP contribution in [-0.4, -0.2) is 27.0 Å². The van der Waals surface area contributed by atoms with E-state index in [1.807, 2.05) is 44.2 Å². The molecule has 0 saturated carbocycles. The van der Waals surface area contributed by atoms with E-state index >= 15 is 0 Å². The lowest BCUT2D eigenvalue weighted by Crippen LogP contribution is -2.34. The molecule has 2 aromatic rings. The number of carbonyl (C=O) groups is 1. The van der Waals surface area contributed by atoms with Gasteiger partial charge in [0.05, 0.1) is 12.3 Å². The third-order valence-corrected chi connectivity index (χ3v) is 3.35. The van der Waals surface area contributed by atoms with Crippen molar-refractivity contribution in [2.24, 2.45) is 0 Å². The largest absolute Gasteiger partial charge is 0.388 e. The third-order valence-electron chi connectivity index (χ3n) is 3.35. The molecule has 5 heteroatoms. The lowest BCUT2D eigenvalue weighted by Gasteiger charge is -2.17. The van der Waals surface area contributed by atoms with Crippen LogP contribution < -0.4 is 5.32 Å². The predicted octanol–water partition coefficient (Wildman–Crippen LogP) is 2.21. The number of aromatic amines is 1. The highest BCUT2D eigenvalue weighted by atomic mass is 16.3. The first-order valence-corrected chi connectivity index (χ1v) is 7.18. The Morgan fingerprint density at radius 1 is 1.38 bits per heavy atom. The first-order chi connectivity index (χ1) is 10.1. The first kappa shape index (κ1) is 15.3. The quantitative estimate of drug-likeness (QED) is 0.762. The molecule has 2 atom stereocenters. The number of aromatic nitrogens is 2. The topological polar surface area (TPSA) is 78.0 Å². The van der Waals surface area contributed by atoms with Crippen LogP contribution in [-0.2, 0) is 6.42 Å². The summed E-state index contributed by atoms with van der Waals surface area (Å²) in [6, 6.07) is 9.30. The molecule has 0 spiro atoms. The lowest BCUT2D eigenvalue weighted by atomic mass is 10.0. The van der Waals surface area contributed by atoms with Crippen molar-refractivity contribution in [2.75, 3.05) is 0 Å². The third kappa shape index (κ3) is 4.16. The number of hydrogen-bond donors (Lipinski definition) is 3. The van der Waals surface area contributed by atoms with E-state index in [-0.39, 0.29) is 11.9 Å². The number of amides is 1. The molecule has 1 aromatic carbocycles. The average Bonchev–Trinajstić information content (AvgIpc) is 2.97. The molecule has 0 fully saturated rings. The van der Waals surface area contributed by atoms with Gasteiger partial charge in [-0.05, 0) is 18.9 Å². The summed E-state index contributed by atoms with van der Waals surface area (Å²) in [5.41, 5.74) is 1.31. The van der Waals surface area contributed by atoms with E-state index in [2.05, 4.69) is 15.3 Å². The average molecular weight is 287 g/mol. The standard InChI is InChI=1S/C16H21N3O2/c1-3-15-17-10-13(19-15)16(21)18-11(2)9-14(20)12-7-5-4-6-8-12/h4-8,10-11,14,20H,3,9H2,1-2H3,(H,17,19)(H,18,21). The van der Waals surface area contributed by atoms with Gasteiger partial charge in [0.1, 0.15) is 11.5 Å². The van der Waals surface area contributed by atoms with Gasteiger partial charge in [0.15, 0.2) is 0 Å². The maximum Gasteiger partial charge on any atom is 0.269 e. The van der Waals surface area contributed by atoms with E-state index in [0.717, 1.165) is 17.8 Å². The zero-order valence-electron chi connectivity index (χ0n) is 12.3. The Kier molecular flexibility index (Phi) is 5.11. The van der Waals surface area contributed by atoms with Crippen molar-refractivity contribution in [3.63, 3.8) is 0 Å². The number of nitrogens with one attached hydrogen (secondary N) is 2. The summed E-state index contributed by atoms with van der Waals surface area (Å²) < 4.78 is 0. The molecule has 0 saturated heterocycles. The number of H-pyrrole nitrogens is 1. The van der Waals surface area contributed by atoms with E-state index in [0.29, 0.717) is 12.1 Å². The van der Waals surface area contributed by atoms with Crippen LogP contribution in [0.4, 0.5) is 0 Å². The van der Waals surface area contributed by atoms with Gasteiger partial charge in [-0.2, -0.15) is 0 Å². The highest BCUT2D eigenvalue weighted by Crippen LogP contribution is 2.17. The summed E-state index contributed by atoms with van der Waals surface area (Å²) >= 11 is 0. The van der Waals surface area contributed by atoms with Gasteiger partial charge in [-0.25, -0.2) is 4.98 Å². The number of aliphatic hydroxyl groups excluding tert-OH is 1. The van der Waals surface area contributed by atoms with Gasteiger partial charge in [0.2, 0.25) is 0 Å².